The summed E-state index contributed by atoms with van der Waals surface area (Å²) in [6.07, 6.45) is 4.97. The summed E-state index contributed by atoms with van der Waals surface area (Å²) in [6.45, 7) is 1.66. The van der Waals surface area contributed by atoms with Crippen LogP contribution in [0.2, 0.25) is 0 Å². The first-order valence-electron chi connectivity index (χ1n) is 7.16. The maximum Gasteiger partial charge on any atom is 0.170 e. The summed E-state index contributed by atoms with van der Waals surface area (Å²) in [6, 6.07) is 8.27. The van der Waals surface area contributed by atoms with E-state index in [4.69, 9.17) is 10.9 Å². The summed E-state index contributed by atoms with van der Waals surface area (Å²) in [4.78, 5) is 2.33. The number of oxime groups is 1. The van der Waals surface area contributed by atoms with E-state index in [0.29, 0.717) is 12.6 Å². The van der Waals surface area contributed by atoms with Gasteiger partial charge in [0.05, 0.1) is 6.61 Å². The molecule has 1 fully saturated rings. The fourth-order valence-corrected chi connectivity index (χ4v) is 2.91. The minimum absolute atomic E-state index is 0.126. The van der Waals surface area contributed by atoms with Crippen LogP contribution in [-0.4, -0.2) is 40.2 Å². The molecule has 0 heterocycles. The zero-order chi connectivity index (χ0) is 14.4. The van der Waals surface area contributed by atoms with Crippen molar-refractivity contribution in [2.45, 2.75) is 38.3 Å². The number of hydrogen-bond donors (Lipinski definition) is 3. The third-order valence-corrected chi connectivity index (χ3v) is 3.94. The quantitative estimate of drug-likeness (QED) is 0.319. The number of hydrogen-bond acceptors (Lipinski definition) is 4. The number of amidine groups is 1. The van der Waals surface area contributed by atoms with Gasteiger partial charge in [-0.05, 0) is 24.5 Å². The Hall–Kier alpha value is -1.59. The lowest BCUT2D eigenvalue weighted by atomic mass is 10.1. The van der Waals surface area contributed by atoms with E-state index in [2.05, 4.69) is 10.1 Å². The van der Waals surface area contributed by atoms with E-state index < -0.39 is 0 Å². The molecule has 0 saturated heterocycles. The van der Waals surface area contributed by atoms with E-state index >= 15 is 0 Å². The van der Waals surface area contributed by atoms with E-state index in [9.17, 15) is 5.11 Å². The van der Waals surface area contributed by atoms with Crippen molar-refractivity contribution in [1.82, 2.24) is 4.90 Å². The van der Waals surface area contributed by atoms with Crippen molar-refractivity contribution in [2.75, 3.05) is 13.2 Å². The molecule has 0 aromatic heterocycles. The van der Waals surface area contributed by atoms with Crippen LogP contribution < -0.4 is 5.73 Å². The number of rotatable bonds is 6. The Bertz CT molecular complexity index is 456. The summed E-state index contributed by atoms with van der Waals surface area (Å²) in [5, 5.41) is 21.0. The van der Waals surface area contributed by atoms with Gasteiger partial charge in [0.2, 0.25) is 0 Å². The summed E-state index contributed by atoms with van der Waals surface area (Å²) in [7, 11) is 0. The number of benzene rings is 1. The van der Waals surface area contributed by atoms with Crippen molar-refractivity contribution in [3.05, 3.63) is 35.4 Å². The summed E-state index contributed by atoms with van der Waals surface area (Å²) in [5.74, 6) is 0.126. The lowest BCUT2D eigenvalue weighted by molar-refractivity contribution is 0.145. The zero-order valence-electron chi connectivity index (χ0n) is 11.7. The van der Waals surface area contributed by atoms with Crippen LogP contribution in [0.5, 0.6) is 0 Å². The van der Waals surface area contributed by atoms with Gasteiger partial charge in [0, 0.05) is 24.7 Å². The number of nitrogens with two attached hydrogens (primary N) is 1. The molecular weight excluding hydrogens is 254 g/mol. The topological polar surface area (TPSA) is 82.1 Å². The Balaban J connectivity index is 2.09. The van der Waals surface area contributed by atoms with E-state index in [1.165, 1.54) is 25.7 Å². The molecule has 20 heavy (non-hydrogen) atoms. The average molecular weight is 277 g/mol. The third-order valence-electron chi connectivity index (χ3n) is 3.94. The molecule has 0 aliphatic heterocycles. The zero-order valence-corrected chi connectivity index (χ0v) is 11.7. The number of aliphatic hydroxyl groups excluding tert-OH is 1. The molecule has 110 valence electrons. The van der Waals surface area contributed by atoms with Gasteiger partial charge in [-0.3, -0.25) is 4.90 Å². The van der Waals surface area contributed by atoms with Gasteiger partial charge in [-0.2, -0.15) is 0 Å². The smallest absolute Gasteiger partial charge is 0.170 e. The largest absolute Gasteiger partial charge is 0.409 e. The van der Waals surface area contributed by atoms with Crippen LogP contribution in [0.4, 0.5) is 0 Å². The third kappa shape index (κ3) is 3.71. The Labute approximate surface area is 119 Å². The molecule has 1 aliphatic rings. The predicted octanol–water partition coefficient (Wildman–Crippen LogP) is 1.52. The highest BCUT2D eigenvalue weighted by Crippen LogP contribution is 2.24. The fourth-order valence-electron chi connectivity index (χ4n) is 2.91. The van der Waals surface area contributed by atoms with Crippen molar-refractivity contribution >= 4 is 5.84 Å². The summed E-state index contributed by atoms with van der Waals surface area (Å²) < 4.78 is 0. The fraction of sp³-hybridized carbons (Fsp3) is 0.533. The highest BCUT2D eigenvalue weighted by atomic mass is 16.4. The summed E-state index contributed by atoms with van der Waals surface area (Å²) in [5.41, 5.74) is 7.46. The second kappa shape index (κ2) is 7.26. The van der Waals surface area contributed by atoms with Gasteiger partial charge in [-0.25, -0.2) is 0 Å². The van der Waals surface area contributed by atoms with Crippen LogP contribution in [0.1, 0.15) is 36.8 Å². The minimum atomic E-state index is 0.126. The Morgan fingerprint density at radius 3 is 2.75 bits per heavy atom. The maximum absolute atomic E-state index is 9.24. The molecule has 1 aromatic rings. The standard InChI is InChI=1S/C15H23N3O2/c16-15(17-20)13-5-3-4-12(10-13)11-18(8-9-19)14-6-1-2-7-14/h3-5,10,14,19-20H,1-2,6-9,11H2,(H2,16,17). The number of nitrogens with zero attached hydrogens (tertiary/aromatic N) is 2. The first-order valence-corrected chi connectivity index (χ1v) is 7.16. The molecule has 0 amide bonds. The van der Waals surface area contributed by atoms with Crippen molar-refractivity contribution < 1.29 is 10.3 Å². The van der Waals surface area contributed by atoms with E-state index in [0.717, 1.165) is 17.7 Å². The van der Waals surface area contributed by atoms with Crippen molar-refractivity contribution in [3.63, 3.8) is 0 Å². The molecule has 0 bridgehead atoms. The second-order valence-electron chi connectivity index (χ2n) is 5.32. The first kappa shape index (κ1) is 14.8. The predicted molar refractivity (Wildman–Crippen MR) is 78.7 cm³/mol. The molecule has 1 saturated carbocycles. The lowest BCUT2D eigenvalue weighted by Gasteiger charge is -2.28. The molecule has 1 aliphatic carbocycles. The first-order chi connectivity index (χ1) is 9.74. The van der Waals surface area contributed by atoms with Crippen LogP contribution in [0.25, 0.3) is 0 Å². The van der Waals surface area contributed by atoms with Gasteiger partial charge < -0.3 is 16.0 Å². The summed E-state index contributed by atoms with van der Waals surface area (Å²) >= 11 is 0. The van der Waals surface area contributed by atoms with Crippen molar-refractivity contribution in [3.8, 4) is 0 Å². The Kier molecular flexibility index (Phi) is 5.38. The van der Waals surface area contributed by atoms with Crippen molar-refractivity contribution in [2.24, 2.45) is 10.9 Å². The molecule has 4 N–H and O–H groups in total. The van der Waals surface area contributed by atoms with Crippen LogP contribution in [0.3, 0.4) is 0 Å². The van der Waals surface area contributed by atoms with Crippen LogP contribution in [0, 0.1) is 0 Å². The molecule has 0 spiro atoms. The lowest BCUT2D eigenvalue weighted by Crippen LogP contribution is -2.35. The highest BCUT2D eigenvalue weighted by molar-refractivity contribution is 5.97. The van der Waals surface area contributed by atoms with E-state index in [-0.39, 0.29) is 12.4 Å². The van der Waals surface area contributed by atoms with E-state index in [1.54, 1.807) is 0 Å². The molecule has 0 radical (unpaired) electrons. The molecule has 2 rings (SSSR count). The maximum atomic E-state index is 9.24. The van der Waals surface area contributed by atoms with Crippen LogP contribution >= 0.6 is 0 Å². The molecule has 5 heteroatoms. The molecule has 1 aromatic carbocycles. The minimum Gasteiger partial charge on any atom is -0.409 e. The molecule has 5 nitrogen and oxygen atoms in total. The Morgan fingerprint density at radius 2 is 2.10 bits per heavy atom. The molecule has 0 unspecified atom stereocenters. The van der Waals surface area contributed by atoms with Gasteiger partial charge in [0.15, 0.2) is 5.84 Å². The normalized spacial score (nSPS) is 17.0. The average Bonchev–Trinajstić information content (AvgIpc) is 3.00. The second-order valence-corrected chi connectivity index (χ2v) is 5.32. The SMILES string of the molecule is NC(=NO)c1cccc(CN(CCO)C2CCCC2)c1. The number of aliphatic hydroxyl groups is 1. The van der Waals surface area contributed by atoms with Gasteiger partial charge >= 0.3 is 0 Å². The van der Waals surface area contributed by atoms with E-state index in [1.807, 2.05) is 24.3 Å². The van der Waals surface area contributed by atoms with Crippen molar-refractivity contribution in [1.29, 1.82) is 0 Å². The monoisotopic (exact) mass is 277 g/mol. The molecule has 0 atom stereocenters. The van der Waals surface area contributed by atoms with Crippen LogP contribution in [-0.2, 0) is 6.54 Å². The highest BCUT2D eigenvalue weighted by Gasteiger charge is 2.22. The van der Waals surface area contributed by atoms with Gasteiger partial charge in [0.25, 0.3) is 0 Å². The van der Waals surface area contributed by atoms with Gasteiger partial charge in [-0.15, -0.1) is 0 Å². The molecular formula is C15H23N3O2. The van der Waals surface area contributed by atoms with Crippen LogP contribution in [0.15, 0.2) is 29.4 Å². The Morgan fingerprint density at radius 1 is 1.35 bits per heavy atom. The van der Waals surface area contributed by atoms with Gasteiger partial charge in [0.1, 0.15) is 0 Å². The van der Waals surface area contributed by atoms with Gasteiger partial charge in [-0.1, -0.05) is 36.2 Å².